The SMILES string of the molecule is O=C(CF)C12CC3CC(CC(C3)C1)C2. The Kier molecular flexibility index (Phi) is 1.78. The van der Waals surface area contributed by atoms with Gasteiger partial charge in [-0.2, -0.15) is 0 Å². The molecule has 4 aliphatic carbocycles. The molecule has 0 unspecified atom stereocenters. The zero-order chi connectivity index (χ0) is 9.76. The van der Waals surface area contributed by atoms with E-state index in [1.54, 1.807) is 0 Å². The van der Waals surface area contributed by atoms with Gasteiger partial charge in [-0.3, -0.25) is 4.79 Å². The van der Waals surface area contributed by atoms with Crippen LogP contribution >= 0.6 is 0 Å². The van der Waals surface area contributed by atoms with Crippen LogP contribution in [0.1, 0.15) is 38.5 Å². The van der Waals surface area contributed by atoms with Gasteiger partial charge in [-0.15, -0.1) is 0 Å². The van der Waals surface area contributed by atoms with E-state index in [2.05, 4.69) is 0 Å². The number of carbonyl (C=O) groups excluding carboxylic acids is 1. The van der Waals surface area contributed by atoms with Crippen LogP contribution < -0.4 is 0 Å². The van der Waals surface area contributed by atoms with Gasteiger partial charge in [-0.25, -0.2) is 4.39 Å². The lowest BCUT2D eigenvalue weighted by molar-refractivity contribution is -0.144. The summed E-state index contributed by atoms with van der Waals surface area (Å²) in [4.78, 5) is 11.7. The van der Waals surface area contributed by atoms with E-state index >= 15 is 0 Å². The highest BCUT2D eigenvalue weighted by atomic mass is 19.1. The number of Topliss-reactive ketones (excluding diaryl/α,β-unsaturated/α-hetero) is 1. The van der Waals surface area contributed by atoms with Crippen molar-refractivity contribution in [3.05, 3.63) is 0 Å². The Labute approximate surface area is 84.1 Å². The van der Waals surface area contributed by atoms with E-state index in [1.165, 1.54) is 19.3 Å². The van der Waals surface area contributed by atoms with Crippen molar-refractivity contribution in [1.82, 2.24) is 0 Å². The van der Waals surface area contributed by atoms with Crippen LogP contribution in [-0.2, 0) is 4.79 Å². The second-order valence-electron chi connectivity index (χ2n) is 5.75. The summed E-state index contributed by atoms with van der Waals surface area (Å²) in [6.45, 7) is -0.730. The molecule has 0 N–H and O–H groups in total. The Balaban J connectivity index is 1.91. The molecule has 4 saturated carbocycles. The molecule has 78 valence electrons. The Hall–Kier alpha value is -0.400. The second-order valence-corrected chi connectivity index (χ2v) is 5.75. The van der Waals surface area contributed by atoms with Crippen molar-refractivity contribution in [2.75, 3.05) is 6.67 Å². The first-order valence-corrected chi connectivity index (χ1v) is 5.81. The average Bonchev–Trinajstić information content (AvgIpc) is 2.14. The minimum Gasteiger partial charge on any atom is -0.296 e. The van der Waals surface area contributed by atoms with Gasteiger partial charge in [0.15, 0.2) is 5.78 Å². The van der Waals surface area contributed by atoms with Gasteiger partial charge in [-0.05, 0) is 56.3 Å². The monoisotopic (exact) mass is 196 g/mol. The molecule has 0 atom stereocenters. The minimum atomic E-state index is -0.730. The summed E-state index contributed by atoms with van der Waals surface area (Å²) in [5.74, 6) is 2.15. The fourth-order valence-electron chi connectivity index (χ4n) is 4.59. The van der Waals surface area contributed by atoms with Crippen LogP contribution in [0.15, 0.2) is 0 Å². The van der Waals surface area contributed by atoms with Gasteiger partial charge in [0.1, 0.15) is 6.67 Å². The van der Waals surface area contributed by atoms with E-state index in [0.29, 0.717) is 0 Å². The normalized spacial score (nSPS) is 49.6. The summed E-state index contributed by atoms with van der Waals surface area (Å²) in [5.41, 5.74) is -0.205. The van der Waals surface area contributed by atoms with Crippen molar-refractivity contribution in [3.63, 3.8) is 0 Å². The minimum absolute atomic E-state index is 0.0865. The highest BCUT2D eigenvalue weighted by Gasteiger charge is 2.54. The zero-order valence-electron chi connectivity index (χ0n) is 8.47. The Morgan fingerprint density at radius 3 is 1.86 bits per heavy atom. The zero-order valence-corrected chi connectivity index (χ0v) is 8.47. The smallest absolute Gasteiger partial charge is 0.169 e. The molecule has 4 fully saturated rings. The van der Waals surface area contributed by atoms with Crippen molar-refractivity contribution in [2.45, 2.75) is 38.5 Å². The van der Waals surface area contributed by atoms with Crippen LogP contribution in [0.3, 0.4) is 0 Å². The fraction of sp³-hybridized carbons (Fsp3) is 0.917. The Morgan fingerprint density at radius 2 is 1.50 bits per heavy atom. The number of rotatable bonds is 2. The molecule has 0 aromatic rings. The van der Waals surface area contributed by atoms with Crippen LogP contribution in [0.4, 0.5) is 4.39 Å². The number of hydrogen-bond acceptors (Lipinski definition) is 1. The molecule has 0 amide bonds. The standard InChI is InChI=1S/C12H17FO/c13-7-11(14)12-4-8-1-9(5-12)3-10(2-8)6-12/h8-10H,1-7H2. The molecular weight excluding hydrogens is 179 g/mol. The molecule has 4 aliphatic rings. The van der Waals surface area contributed by atoms with Crippen molar-refractivity contribution in [1.29, 1.82) is 0 Å². The number of ketones is 1. The lowest BCUT2D eigenvalue weighted by Gasteiger charge is -2.55. The number of alkyl halides is 1. The molecule has 1 nitrogen and oxygen atoms in total. The topological polar surface area (TPSA) is 17.1 Å². The summed E-state index contributed by atoms with van der Waals surface area (Å²) < 4.78 is 12.5. The molecule has 4 bridgehead atoms. The first-order chi connectivity index (χ1) is 6.72. The predicted molar refractivity (Wildman–Crippen MR) is 51.6 cm³/mol. The van der Waals surface area contributed by atoms with E-state index in [9.17, 15) is 9.18 Å². The molecule has 0 aliphatic heterocycles. The number of hydrogen-bond donors (Lipinski definition) is 0. The predicted octanol–water partition coefficient (Wildman–Crippen LogP) is 2.74. The summed E-state index contributed by atoms with van der Waals surface area (Å²) in [6.07, 6.45) is 6.96. The van der Waals surface area contributed by atoms with Gasteiger partial charge in [0.05, 0.1) is 0 Å². The van der Waals surface area contributed by atoms with Crippen molar-refractivity contribution in [2.24, 2.45) is 23.2 Å². The molecule has 0 radical (unpaired) electrons. The van der Waals surface area contributed by atoms with E-state index in [0.717, 1.165) is 37.0 Å². The molecule has 0 spiro atoms. The maximum atomic E-state index is 12.5. The quantitative estimate of drug-likeness (QED) is 0.663. The van der Waals surface area contributed by atoms with Gasteiger partial charge in [0.2, 0.25) is 0 Å². The summed E-state index contributed by atoms with van der Waals surface area (Å²) in [6, 6.07) is 0. The van der Waals surface area contributed by atoms with Crippen LogP contribution in [-0.4, -0.2) is 12.5 Å². The Bertz CT molecular complexity index is 236. The summed E-state index contributed by atoms with van der Waals surface area (Å²) in [7, 11) is 0. The van der Waals surface area contributed by atoms with Gasteiger partial charge in [0.25, 0.3) is 0 Å². The average molecular weight is 196 g/mol. The van der Waals surface area contributed by atoms with Crippen molar-refractivity contribution >= 4 is 5.78 Å². The first kappa shape index (κ1) is 8.87. The fourth-order valence-corrected chi connectivity index (χ4v) is 4.59. The molecule has 2 heteroatoms. The van der Waals surface area contributed by atoms with Crippen LogP contribution in [0.25, 0.3) is 0 Å². The van der Waals surface area contributed by atoms with E-state index < -0.39 is 6.67 Å². The lowest BCUT2D eigenvalue weighted by Crippen LogP contribution is -2.50. The number of carbonyl (C=O) groups is 1. The molecule has 0 aromatic heterocycles. The highest BCUT2D eigenvalue weighted by molar-refractivity contribution is 5.86. The summed E-state index contributed by atoms with van der Waals surface area (Å²) in [5, 5.41) is 0. The third-order valence-electron chi connectivity index (χ3n) is 4.75. The second kappa shape index (κ2) is 2.80. The van der Waals surface area contributed by atoms with Gasteiger partial charge < -0.3 is 0 Å². The molecular formula is C12H17FO. The maximum Gasteiger partial charge on any atom is 0.169 e. The third-order valence-corrected chi connectivity index (χ3v) is 4.75. The van der Waals surface area contributed by atoms with Gasteiger partial charge in [0, 0.05) is 5.41 Å². The van der Waals surface area contributed by atoms with E-state index in [-0.39, 0.29) is 11.2 Å². The molecule has 4 rings (SSSR count). The van der Waals surface area contributed by atoms with E-state index in [1.807, 2.05) is 0 Å². The third kappa shape index (κ3) is 1.09. The summed E-state index contributed by atoms with van der Waals surface area (Å²) >= 11 is 0. The van der Waals surface area contributed by atoms with Crippen LogP contribution in [0.2, 0.25) is 0 Å². The van der Waals surface area contributed by atoms with Gasteiger partial charge >= 0.3 is 0 Å². The molecule has 14 heavy (non-hydrogen) atoms. The lowest BCUT2D eigenvalue weighted by atomic mass is 9.48. The largest absolute Gasteiger partial charge is 0.296 e. The molecule has 0 saturated heterocycles. The molecule has 0 aromatic carbocycles. The maximum absolute atomic E-state index is 12.5. The Morgan fingerprint density at radius 1 is 1.07 bits per heavy atom. The number of halogens is 1. The van der Waals surface area contributed by atoms with E-state index in [4.69, 9.17) is 0 Å². The van der Waals surface area contributed by atoms with Crippen molar-refractivity contribution in [3.8, 4) is 0 Å². The van der Waals surface area contributed by atoms with Crippen molar-refractivity contribution < 1.29 is 9.18 Å². The first-order valence-electron chi connectivity index (χ1n) is 5.81. The van der Waals surface area contributed by atoms with Crippen LogP contribution in [0.5, 0.6) is 0 Å². The molecule has 0 heterocycles. The van der Waals surface area contributed by atoms with Crippen LogP contribution in [0, 0.1) is 23.2 Å². The highest BCUT2D eigenvalue weighted by Crippen LogP contribution is 2.60. The van der Waals surface area contributed by atoms with Gasteiger partial charge in [-0.1, -0.05) is 0 Å².